The van der Waals surface area contributed by atoms with Gasteiger partial charge in [0.2, 0.25) is 5.91 Å². The van der Waals surface area contributed by atoms with Gasteiger partial charge >= 0.3 is 0 Å². The normalized spacial score (nSPS) is 24.4. The molecule has 2 heterocycles. The second kappa shape index (κ2) is 6.53. The molecule has 0 N–H and O–H groups in total. The number of likely N-dealkylation sites (N-methyl/N-ethyl adjacent to an activating group) is 1. The maximum absolute atomic E-state index is 12.1. The van der Waals surface area contributed by atoms with Crippen molar-refractivity contribution < 1.29 is 4.79 Å². The van der Waals surface area contributed by atoms with Gasteiger partial charge in [0.05, 0.1) is 0 Å². The molecule has 0 aromatic rings. The Balaban J connectivity index is 1.65. The molecule has 104 valence electrons. The highest BCUT2D eigenvalue weighted by Crippen LogP contribution is 2.16. The third kappa shape index (κ3) is 3.95. The number of amides is 1. The van der Waals surface area contributed by atoms with Crippen LogP contribution in [0.5, 0.6) is 0 Å². The van der Waals surface area contributed by atoms with Crippen molar-refractivity contribution >= 4 is 5.91 Å². The van der Waals surface area contributed by atoms with Gasteiger partial charge in [-0.25, -0.2) is 0 Å². The minimum atomic E-state index is 0.362. The first-order valence-corrected chi connectivity index (χ1v) is 7.34. The Labute approximate surface area is 111 Å². The van der Waals surface area contributed by atoms with Gasteiger partial charge in [0, 0.05) is 52.2 Å². The summed E-state index contributed by atoms with van der Waals surface area (Å²) >= 11 is 0. The molecule has 0 aromatic heterocycles. The molecule has 0 unspecified atom stereocenters. The number of likely N-dealkylation sites (tertiary alicyclic amines) is 1. The van der Waals surface area contributed by atoms with Crippen LogP contribution in [0, 0.1) is 5.92 Å². The van der Waals surface area contributed by atoms with Crippen molar-refractivity contribution in [3.05, 3.63) is 0 Å². The van der Waals surface area contributed by atoms with Crippen molar-refractivity contribution in [2.45, 2.75) is 26.2 Å². The van der Waals surface area contributed by atoms with E-state index in [2.05, 4.69) is 28.7 Å². The van der Waals surface area contributed by atoms with E-state index in [1.54, 1.807) is 0 Å². The van der Waals surface area contributed by atoms with Gasteiger partial charge in [-0.05, 0) is 25.8 Å². The molecule has 4 heteroatoms. The number of piperidine rings is 1. The smallest absolute Gasteiger partial charge is 0.223 e. The SMILES string of the molecule is CC1CCN(C(=O)CCN2CCN(C)CC2)CC1. The van der Waals surface area contributed by atoms with Gasteiger partial charge in [-0.2, -0.15) is 0 Å². The topological polar surface area (TPSA) is 26.8 Å². The van der Waals surface area contributed by atoms with Crippen molar-refractivity contribution in [1.82, 2.24) is 14.7 Å². The fraction of sp³-hybridized carbons (Fsp3) is 0.929. The van der Waals surface area contributed by atoms with E-state index in [1.165, 1.54) is 12.8 Å². The predicted molar refractivity (Wildman–Crippen MR) is 73.5 cm³/mol. The number of piperazine rings is 1. The van der Waals surface area contributed by atoms with Crippen LogP contribution in [-0.2, 0) is 4.79 Å². The summed E-state index contributed by atoms with van der Waals surface area (Å²) < 4.78 is 0. The Morgan fingerprint density at radius 2 is 1.67 bits per heavy atom. The van der Waals surface area contributed by atoms with Gasteiger partial charge < -0.3 is 14.7 Å². The lowest BCUT2D eigenvalue weighted by molar-refractivity contribution is -0.132. The summed E-state index contributed by atoms with van der Waals surface area (Å²) in [6, 6.07) is 0. The molecule has 2 saturated heterocycles. The fourth-order valence-corrected chi connectivity index (χ4v) is 2.74. The van der Waals surface area contributed by atoms with E-state index in [0.29, 0.717) is 12.3 Å². The lowest BCUT2D eigenvalue weighted by atomic mass is 9.99. The highest BCUT2D eigenvalue weighted by Gasteiger charge is 2.21. The highest BCUT2D eigenvalue weighted by atomic mass is 16.2. The average molecular weight is 253 g/mol. The zero-order valence-corrected chi connectivity index (χ0v) is 11.9. The van der Waals surface area contributed by atoms with Crippen molar-refractivity contribution in [1.29, 1.82) is 0 Å². The molecular weight excluding hydrogens is 226 g/mol. The standard InChI is InChI=1S/C14H27N3O/c1-13-3-7-17(8-4-13)14(18)5-6-16-11-9-15(2)10-12-16/h13H,3-12H2,1-2H3. The second-order valence-corrected chi connectivity index (χ2v) is 5.96. The molecule has 18 heavy (non-hydrogen) atoms. The van der Waals surface area contributed by atoms with Crippen LogP contribution >= 0.6 is 0 Å². The summed E-state index contributed by atoms with van der Waals surface area (Å²) in [5, 5.41) is 0. The maximum Gasteiger partial charge on any atom is 0.223 e. The molecule has 0 aliphatic carbocycles. The Kier molecular flexibility index (Phi) is 5.01. The molecule has 2 aliphatic heterocycles. The highest BCUT2D eigenvalue weighted by molar-refractivity contribution is 5.76. The first kappa shape index (κ1) is 13.8. The molecule has 0 saturated carbocycles. The molecule has 2 aliphatic rings. The van der Waals surface area contributed by atoms with Crippen LogP contribution in [0.15, 0.2) is 0 Å². The number of nitrogens with zero attached hydrogens (tertiary/aromatic N) is 3. The van der Waals surface area contributed by atoms with E-state index in [-0.39, 0.29) is 0 Å². The largest absolute Gasteiger partial charge is 0.343 e. The molecule has 0 bridgehead atoms. The van der Waals surface area contributed by atoms with E-state index in [9.17, 15) is 4.79 Å². The lowest BCUT2D eigenvalue weighted by Crippen LogP contribution is -2.46. The third-order valence-corrected chi connectivity index (χ3v) is 4.37. The molecule has 2 rings (SSSR count). The van der Waals surface area contributed by atoms with E-state index in [0.717, 1.165) is 51.7 Å². The van der Waals surface area contributed by atoms with E-state index in [1.807, 2.05) is 0 Å². The minimum Gasteiger partial charge on any atom is -0.343 e. The Hall–Kier alpha value is -0.610. The van der Waals surface area contributed by atoms with Crippen LogP contribution in [0.1, 0.15) is 26.2 Å². The summed E-state index contributed by atoms with van der Waals surface area (Å²) in [7, 11) is 2.16. The maximum atomic E-state index is 12.1. The van der Waals surface area contributed by atoms with E-state index < -0.39 is 0 Å². The number of hydrogen-bond acceptors (Lipinski definition) is 3. The molecular formula is C14H27N3O. The van der Waals surface area contributed by atoms with Gasteiger partial charge in [0.1, 0.15) is 0 Å². The quantitative estimate of drug-likeness (QED) is 0.747. The van der Waals surface area contributed by atoms with Crippen LogP contribution in [0.4, 0.5) is 0 Å². The van der Waals surface area contributed by atoms with Gasteiger partial charge in [0.15, 0.2) is 0 Å². The zero-order chi connectivity index (χ0) is 13.0. The van der Waals surface area contributed by atoms with Gasteiger partial charge in [0.25, 0.3) is 0 Å². The van der Waals surface area contributed by atoms with Crippen LogP contribution < -0.4 is 0 Å². The summed E-state index contributed by atoms with van der Waals surface area (Å²) in [6.07, 6.45) is 3.07. The number of hydrogen-bond donors (Lipinski definition) is 0. The van der Waals surface area contributed by atoms with Gasteiger partial charge in [-0.1, -0.05) is 6.92 Å². The molecule has 4 nitrogen and oxygen atoms in total. The van der Waals surface area contributed by atoms with Crippen molar-refractivity contribution in [3.8, 4) is 0 Å². The molecule has 2 fully saturated rings. The first-order chi connectivity index (χ1) is 8.65. The minimum absolute atomic E-state index is 0.362. The number of carbonyl (C=O) groups is 1. The van der Waals surface area contributed by atoms with Crippen molar-refractivity contribution in [2.24, 2.45) is 5.92 Å². The summed E-state index contributed by atoms with van der Waals surface area (Å²) in [4.78, 5) is 18.9. The zero-order valence-electron chi connectivity index (χ0n) is 11.9. The van der Waals surface area contributed by atoms with Crippen LogP contribution in [0.25, 0.3) is 0 Å². The van der Waals surface area contributed by atoms with Crippen LogP contribution in [0.2, 0.25) is 0 Å². The average Bonchev–Trinajstić information content (AvgIpc) is 2.38. The fourth-order valence-electron chi connectivity index (χ4n) is 2.74. The van der Waals surface area contributed by atoms with Crippen molar-refractivity contribution in [2.75, 3.05) is 52.9 Å². The van der Waals surface area contributed by atoms with Gasteiger partial charge in [-0.3, -0.25) is 4.79 Å². The lowest BCUT2D eigenvalue weighted by Gasteiger charge is -2.34. The Morgan fingerprint density at radius 1 is 1.06 bits per heavy atom. The number of rotatable bonds is 3. The third-order valence-electron chi connectivity index (χ3n) is 4.37. The summed E-state index contributed by atoms with van der Waals surface area (Å²) in [5.74, 6) is 1.16. The van der Waals surface area contributed by atoms with E-state index >= 15 is 0 Å². The monoisotopic (exact) mass is 253 g/mol. The molecule has 0 atom stereocenters. The van der Waals surface area contributed by atoms with Gasteiger partial charge in [-0.15, -0.1) is 0 Å². The first-order valence-electron chi connectivity index (χ1n) is 7.34. The Morgan fingerprint density at radius 3 is 2.28 bits per heavy atom. The predicted octanol–water partition coefficient (Wildman–Crippen LogP) is 0.882. The Bertz CT molecular complexity index is 266. The molecule has 1 amide bonds. The van der Waals surface area contributed by atoms with Crippen LogP contribution in [0.3, 0.4) is 0 Å². The summed E-state index contributed by atoms with van der Waals surface area (Å²) in [5.41, 5.74) is 0. The van der Waals surface area contributed by atoms with Crippen molar-refractivity contribution in [3.63, 3.8) is 0 Å². The molecule has 0 aromatic carbocycles. The van der Waals surface area contributed by atoms with Crippen LogP contribution in [-0.4, -0.2) is 73.5 Å². The molecule has 0 spiro atoms. The summed E-state index contributed by atoms with van der Waals surface area (Å²) in [6.45, 7) is 9.67. The molecule has 0 radical (unpaired) electrons. The number of carbonyl (C=O) groups excluding carboxylic acids is 1. The van der Waals surface area contributed by atoms with E-state index in [4.69, 9.17) is 0 Å². The second-order valence-electron chi connectivity index (χ2n) is 5.96.